The lowest BCUT2D eigenvalue weighted by Gasteiger charge is -2.35. The zero-order chi connectivity index (χ0) is 18.9. The van der Waals surface area contributed by atoms with Gasteiger partial charge in [0, 0.05) is 26.2 Å². The second-order valence-corrected chi connectivity index (χ2v) is 8.16. The summed E-state index contributed by atoms with van der Waals surface area (Å²) in [6, 6.07) is 6.36. The number of sulfonamides is 1. The van der Waals surface area contributed by atoms with Gasteiger partial charge in [-0.2, -0.15) is 4.31 Å². The number of ether oxygens (including phenoxy) is 1. The highest BCUT2D eigenvalue weighted by molar-refractivity contribution is 7.89. The van der Waals surface area contributed by atoms with Crippen LogP contribution in [0, 0.1) is 6.92 Å². The molecule has 0 spiro atoms. The summed E-state index contributed by atoms with van der Waals surface area (Å²) in [7, 11) is -2.02. The Balaban J connectivity index is 1.75. The molecule has 2 heterocycles. The maximum atomic E-state index is 12.8. The minimum atomic E-state index is -3.56. The molecule has 26 heavy (non-hydrogen) atoms. The van der Waals surface area contributed by atoms with Gasteiger partial charge in [0.05, 0.1) is 12.0 Å². The number of piperazine rings is 1. The molecule has 8 nitrogen and oxygen atoms in total. The molecule has 140 valence electrons. The lowest BCUT2D eigenvalue weighted by molar-refractivity contribution is 0.383. The minimum absolute atomic E-state index is 0.209. The van der Waals surface area contributed by atoms with Crippen molar-refractivity contribution >= 4 is 33.1 Å². The van der Waals surface area contributed by atoms with E-state index in [-0.39, 0.29) is 10.0 Å². The lowest BCUT2D eigenvalue weighted by atomic mass is 10.3. The number of methoxy groups -OCH3 is 1. The van der Waals surface area contributed by atoms with Crippen LogP contribution in [-0.2, 0) is 10.0 Å². The van der Waals surface area contributed by atoms with Crippen LogP contribution in [0.2, 0.25) is 5.15 Å². The average Bonchev–Trinajstić information content (AvgIpc) is 2.65. The van der Waals surface area contributed by atoms with Gasteiger partial charge >= 0.3 is 0 Å². The zero-order valence-electron chi connectivity index (χ0n) is 14.5. The van der Waals surface area contributed by atoms with Crippen molar-refractivity contribution in [2.75, 3.05) is 43.9 Å². The molecule has 1 aliphatic rings. The largest absolute Gasteiger partial charge is 0.497 e. The smallest absolute Gasteiger partial charge is 0.243 e. The van der Waals surface area contributed by atoms with Gasteiger partial charge < -0.3 is 15.4 Å². The summed E-state index contributed by atoms with van der Waals surface area (Å²) in [5.74, 6) is 1.68. The Bertz CT molecular complexity index is 897. The molecule has 0 amide bonds. The molecule has 1 saturated heterocycles. The monoisotopic (exact) mass is 397 g/mol. The van der Waals surface area contributed by atoms with Gasteiger partial charge in [-0.3, -0.25) is 0 Å². The van der Waals surface area contributed by atoms with E-state index in [0.717, 1.165) is 0 Å². The van der Waals surface area contributed by atoms with Gasteiger partial charge in [0.15, 0.2) is 11.0 Å². The van der Waals surface area contributed by atoms with Crippen molar-refractivity contribution in [2.24, 2.45) is 0 Å². The van der Waals surface area contributed by atoms with E-state index in [1.807, 2.05) is 4.90 Å². The van der Waals surface area contributed by atoms with Crippen molar-refractivity contribution in [3.05, 3.63) is 35.2 Å². The van der Waals surface area contributed by atoms with E-state index in [0.29, 0.717) is 49.3 Å². The van der Waals surface area contributed by atoms with Crippen LogP contribution in [0.25, 0.3) is 0 Å². The molecule has 0 aliphatic carbocycles. The van der Waals surface area contributed by atoms with Crippen LogP contribution in [0.3, 0.4) is 0 Å². The zero-order valence-corrected chi connectivity index (χ0v) is 16.1. The second-order valence-electron chi connectivity index (χ2n) is 5.87. The number of aromatic nitrogens is 2. The molecule has 3 rings (SSSR count). The SMILES string of the molecule is COc1ccc(S(=O)(=O)N2CCN(c3nc(C)nc(Cl)c3N)CC2)cc1. The molecule has 0 saturated carbocycles. The summed E-state index contributed by atoms with van der Waals surface area (Å²) in [5.41, 5.74) is 6.29. The van der Waals surface area contributed by atoms with E-state index in [4.69, 9.17) is 22.1 Å². The number of hydrogen-bond acceptors (Lipinski definition) is 7. The van der Waals surface area contributed by atoms with Crippen LogP contribution >= 0.6 is 11.6 Å². The Hall–Kier alpha value is -2.10. The van der Waals surface area contributed by atoms with E-state index in [1.54, 1.807) is 31.2 Å². The highest BCUT2D eigenvalue weighted by Crippen LogP contribution is 2.28. The van der Waals surface area contributed by atoms with Gasteiger partial charge in [0.1, 0.15) is 17.3 Å². The van der Waals surface area contributed by atoms with Crippen molar-refractivity contribution in [1.82, 2.24) is 14.3 Å². The Morgan fingerprint density at radius 3 is 2.31 bits per heavy atom. The van der Waals surface area contributed by atoms with Crippen LogP contribution in [0.5, 0.6) is 5.75 Å². The number of anilines is 2. The van der Waals surface area contributed by atoms with Gasteiger partial charge in [-0.15, -0.1) is 0 Å². The summed E-state index contributed by atoms with van der Waals surface area (Å²) in [6.07, 6.45) is 0. The number of hydrogen-bond donors (Lipinski definition) is 1. The van der Waals surface area contributed by atoms with E-state index in [1.165, 1.54) is 11.4 Å². The van der Waals surface area contributed by atoms with Crippen molar-refractivity contribution in [2.45, 2.75) is 11.8 Å². The van der Waals surface area contributed by atoms with E-state index in [9.17, 15) is 8.42 Å². The Kier molecular flexibility index (Phi) is 5.22. The maximum Gasteiger partial charge on any atom is 0.243 e. The van der Waals surface area contributed by atoms with E-state index < -0.39 is 10.0 Å². The summed E-state index contributed by atoms with van der Waals surface area (Å²) in [5, 5.41) is 0.209. The fourth-order valence-electron chi connectivity index (χ4n) is 2.81. The van der Waals surface area contributed by atoms with Crippen molar-refractivity contribution in [3.63, 3.8) is 0 Å². The molecule has 0 unspecified atom stereocenters. The molecule has 1 aromatic carbocycles. The molecule has 0 bridgehead atoms. The summed E-state index contributed by atoms with van der Waals surface area (Å²) in [6.45, 7) is 3.32. The molecule has 2 aromatic rings. The lowest BCUT2D eigenvalue weighted by Crippen LogP contribution is -2.49. The number of aryl methyl sites for hydroxylation is 1. The molecule has 1 fully saturated rings. The number of nitrogen functional groups attached to an aromatic ring is 1. The number of halogens is 1. The molecular weight excluding hydrogens is 378 g/mol. The van der Waals surface area contributed by atoms with Gasteiger partial charge in [0.25, 0.3) is 0 Å². The third-order valence-electron chi connectivity index (χ3n) is 4.23. The standard InChI is InChI=1S/C16H20ClN5O3S/c1-11-19-15(17)14(18)16(20-11)21-7-9-22(10-8-21)26(23,24)13-5-3-12(25-2)4-6-13/h3-6H,7-10,18H2,1-2H3. The van der Waals surface area contributed by atoms with Gasteiger partial charge in [-0.05, 0) is 31.2 Å². The van der Waals surface area contributed by atoms with E-state index in [2.05, 4.69) is 9.97 Å². The highest BCUT2D eigenvalue weighted by atomic mass is 35.5. The van der Waals surface area contributed by atoms with Crippen molar-refractivity contribution in [1.29, 1.82) is 0 Å². The molecule has 1 aromatic heterocycles. The molecule has 10 heteroatoms. The van der Waals surface area contributed by atoms with Crippen molar-refractivity contribution in [3.8, 4) is 5.75 Å². The van der Waals surface area contributed by atoms with Crippen LogP contribution in [0.1, 0.15) is 5.82 Å². The van der Waals surface area contributed by atoms with Gasteiger partial charge in [-0.25, -0.2) is 18.4 Å². The molecule has 1 aliphatic heterocycles. The minimum Gasteiger partial charge on any atom is -0.497 e. The van der Waals surface area contributed by atoms with Crippen LogP contribution < -0.4 is 15.4 Å². The number of nitrogens with zero attached hydrogens (tertiary/aromatic N) is 4. The molecule has 0 radical (unpaired) electrons. The third-order valence-corrected chi connectivity index (χ3v) is 6.43. The van der Waals surface area contributed by atoms with Crippen LogP contribution in [0.4, 0.5) is 11.5 Å². The predicted octanol–water partition coefficient (Wildman–Crippen LogP) is 1.54. The first-order valence-electron chi connectivity index (χ1n) is 8.01. The third kappa shape index (κ3) is 3.55. The summed E-state index contributed by atoms with van der Waals surface area (Å²) >= 11 is 6.03. The number of nitrogens with two attached hydrogens (primary N) is 1. The van der Waals surface area contributed by atoms with Crippen LogP contribution in [0.15, 0.2) is 29.2 Å². The van der Waals surface area contributed by atoms with E-state index >= 15 is 0 Å². The highest BCUT2D eigenvalue weighted by Gasteiger charge is 2.30. The Morgan fingerprint density at radius 2 is 1.73 bits per heavy atom. The number of benzene rings is 1. The predicted molar refractivity (Wildman–Crippen MR) is 100 cm³/mol. The first-order valence-corrected chi connectivity index (χ1v) is 9.83. The normalized spacial score (nSPS) is 15.9. The first kappa shape index (κ1) is 18.7. The fourth-order valence-corrected chi connectivity index (χ4v) is 4.44. The fraction of sp³-hybridized carbons (Fsp3) is 0.375. The molecular formula is C16H20ClN5O3S. The average molecular weight is 398 g/mol. The summed E-state index contributed by atoms with van der Waals surface area (Å²) < 4.78 is 32.1. The molecule has 0 atom stereocenters. The quantitative estimate of drug-likeness (QED) is 0.780. The van der Waals surface area contributed by atoms with Crippen LogP contribution in [-0.4, -0.2) is 56.0 Å². The number of rotatable bonds is 4. The van der Waals surface area contributed by atoms with Gasteiger partial charge in [-0.1, -0.05) is 11.6 Å². The van der Waals surface area contributed by atoms with Gasteiger partial charge in [0.2, 0.25) is 10.0 Å². The topological polar surface area (TPSA) is 102 Å². The van der Waals surface area contributed by atoms with Crippen molar-refractivity contribution < 1.29 is 13.2 Å². The second kappa shape index (κ2) is 7.26. The maximum absolute atomic E-state index is 12.8. The molecule has 2 N–H and O–H groups in total. The summed E-state index contributed by atoms with van der Waals surface area (Å²) in [4.78, 5) is 10.5. The Morgan fingerprint density at radius 1 is 1.12 bits per heavy atom. The Labute approximate surface area is 157 Å². The first-order chi connectivity index (χ1) is 12.3.